The SMILES string of the molecule is C=C1C/C=C(C(=O)O)/C=C\CC1C(CC)CC=N. The lowest BCUT2D eigenvalue weighted by Gasteiger charge is -2.26. The van der Waals surface area contributed by atoms with E-state index in [2.05, 4.69) is 13.5 Å². The zero-order valence-electron chi connectivity index (χ0n) is 10.9. The van der Waals surface area contributed by atoms with Crippen molar-refractivity contribution in [2.24, 2.45) is 11.8 Å². The maximum atomic E-state index is 10.9. The third-order valence-corrected chi connectivity index (χ3v) is 3.56. The second-order valence-electron chi connectivity index (χ2n) is 4.68. The maximum absolute atomic E-state index is 10.9. The zero-order chi connectivity index (χ0) is 13.5. The number of nitrogens with one attached hydrogen (secondary N) is 1. The Labute approximate surface area is 108 Å². The smallest absolute Gasteiger partial charge is 0.335 e. The van der Waals surface area contributed by atoms with Crippen LogP contribution in [0.1, 0.15) is 32.6 Å². The Morgan fingerprint density at radius 1 is 1.72 bits per heavy atom. The van der Waals surface area contributed by atoms with Crippen molar-refractivity contribution in [1.29, 1.82) is 5.41 Å². The number of allylic oxidation sites excluding steroid dienone is 3. The van der Waals surface area contributed by atoms with Gasteiger partial charge in [-0.25, -0.2) is 4.79 Å². The molecule has 0 spiro atoms. The normalized spacial score (nSPS) is 26.4. The minimum atomic E-state index is -0.885. The van der Waals surface area contributed by atoms with Gasteiger partial charge in [0.1, 0.15) is 0 Å². The Hall–Kier alpha value is -1.64. The molecule has 0 fully saturated rings. The van der Waals surface area contributed by atoms with Crippen molar-refractivity contribution in [3.8, 4) is 0 Å². The lowest BCUT2D eigenvalue weighted by molar-refractivity contribution is -0.132. The van der Waals surface area contributed by atoms with Crippen LogP contribution in [0.4, 0.5) is 0 Å². The number of hydrogen-bond acceptors (Lipinski definition) is 2. The van der Waals surface area contributed by atoms with Crippen molar-refractivity contribution in [1.82, 2.24) is 0 Å². The molecule has 0 aromatic carbocycles. The topological polar surface area (TPSA) is 61.1 Å². The maximum Gasteiger partial charge on any atom is 0.335 e. The molecule has 0 radical (unpaired) electrons. The van der Waals surface area contributed by atoms with Crippen molar-refractivity contribution in [2.75, 3.05) is 0 Å². The van der Waals surface area contributed by atoms with Gasteiger partial charge in [-0.15, -0.1) is 0 Å². The van der Waals surface area contributed by atoms with Crippen LogP contribution in [0.5, 0.6) is 0 Å². The zero-order valence-corrected chi connectivity index (χ0v) is 10.9. The van der Waals surface area contributed by atoms with Crippen molar-refractivity contribution in [2.45, 2.75) is 32.6 Å². The largest absolute Gasteiger partial charge is 0.478 e. The van der Waals surface area contributed by atoms with Crippen LogP contribution in [0, 0.1) is 17.2 Å². The van der Waals surface area contributed by atoms with Crippen LogP contribution in [0.15, 0.2) is 36.0 Å². The van der Waals surface area contributed by atoms with Crippen molar-refractivity contribution < 1.29 is 9.90 Å². The third-order valence-electron chi connectivity index (χ3n) is 3.56. The van der Waals surface area contributed by atoms with E-state index in [4.69, 9.17) is 10.5 Å². The number of carboxylic acids is 1. The standard InChI is InChI=1S/C15H21NO2/c1-3-12(9-10-16)14-6-4-5-13(15(17)18)8-7-11(14)2/h4-5,8,10,12,14,16H,2-3,6-7,9H2,1H3,(H,17,18)/b5-4-,13-8-,16-10?. The summed E-state index contributed by atoms with van der Waals surface area (Å²) in [6.45, 7) is 6.22. The van der Waals surface area contributed by atoms with Crippen LogP contribution in [-0.4, -0.2) is 17.3 Å². The summed E-state index contributed by atoms with van der Waals surface area (Å²) >= 11 is 0. The molecule has 2 N–H and O–H groups in total. The minimum absolute atomic E-state index is 0.342. The molecular formula is C15H21NO2. The fraction of sp³-hybridized carbons (Fsp3) is 0.467. The summed E-state index contributed by atoms with van der Waals surface area (Å²) in [4.78, 5) is 10.9. The van der Waals surface area contributed by atoms with Crippen molar-refractivity contribution in [3.05, 3.63) is 36.0 Å². The van der Waals surface area contributed by atoms with E-state index in [1.165, 1.54) is 6.21 Å². The molecule has 1 rings (SSSR count). The highest BCUT2D eigenvalue weighted by atomic mass is 16.4. The number of carbonyl (C=O) groups is 1. The van der Waals surface area contributed by atoms with Crippen LogP contribution in [-0.2, 0) is 4.79 Å². The van der Waals surface area contributed by atoms with Gasteiger partial charge >= 0.3 is 5.97 Å². The van der Waals surface area contributed by atoms with Crippen LogP contribution in [0.3, 0.4) is 0 Å². The molecule has 1 aliphatic rings. The summed E-state index contributed by atoms with van der Waals surface area (Å²) in [6.07, 6.45) is 10.0. The van der Waals surface area contributed by atoms with Crippen LogP contribution < -0.4 is 0 Å². The molecule has 0 heterocycles. The highest BCUT2D eigenvalue weighted by Gasteiger charge is 2.21. The van der Waals surface area contributed by atoms with Gasteiger partial charge in [0, 0.05) is 0 Å². The number of carboxylic acid groups (broad SMARTS) is 1. The number of aliphatic carboxylic acids is 1. The molecule has 3 heteroatoms. The Bertz CT molecular complexity index is 393. The molecular weight excluding hydrogens is 226 g/mol. The van der Waals surface area contributed by atoms with Crippen LogP contribution in [0.2, 0.25) is 0 Å². The van der Waals surface area contributed by atoms with E-state index >= 15 is 0 Å². The first-order valence-electron chi connectivity index (χ1n) is 6.36. The second-order valence-corrected chi connectivity index (χ2v) is 4.68. The van der Waals surface area contributed by atoms with Crippen LogP contribution >= 0.6 is 0 Å². The van der Waals surface area contributed by atoms with Gasteiger partial charge in [0.2, 0.25) is 0 Å². The van der Waals surface area contributed by atoms with Gasteiger partial charge in [-0.1, -0.05) is 43.7 Å². The highest BCUT2D eigenvalue weighted by Crippen LogP contribution is 2.32. The molecule has 0 aliphatic heterocycles. The molecule has 3 nitrogen and oxygen atoms in total. The molecule has 1 aliphatic carbocycles. The molecule has 0 amide bonds. The van der Waals surface area contributed by atoms with Gasteiger partial charge in [0.15, 0.2) is 0 Å². The Balaban J connectivity index is 2.83. The summed E-state index contributed by atoms with van der Waals surface area (Å²) < 4.78 is 0. The molecule has 2 unspecified atom stereocenters. The highest BCUT2D eigenvalue weighted by molar-refractivity contribution is 5.89. The molecule has 0 aromatic rings. The lowest BCUT2D eigenvalue weighted by atomic mass is 9.78. The van der Waals surface area contributed by atoms with E-state index in [1.807, 2.05) is 6.08 Å². The van der Waals surface area contributed by atoms with Gasteiger partial charge in [-0.3, -0.25) is 0 Å². The predicted molar refractivity (Wildman–Crippen MR) is 73.9 cm³/mol. The lowest BCUT2D eigenvalue weighted by Crippen LogP contribution is -2.17. The summed E-state index contributed by atoms with van der Waals surface area (Å²) in [5, 5.41) is 16.2. The van der Waals surface area contributed by atoms with Gasteiger partial charge in [-0.05, 0) is 37.3 Å². The first-order chi connectivity index (χ1) is 8.60. The quantitative estimate of drug-likeness (QED) is 0.576. The minimum Gasteiger partial charge on any atom is -0.478 e. The van der Waals surface area contributed by atoms with Gasteiger partial charge in [-0.2, -0.15) is 0 Å². The molecule has 2 atom stereocenters. The fourth-order valence-electron chi connectivity index (χ4n) is 2.42. The first kappa shape index (κ1) is 14.4. The number of hydrogen-bond donors (Lipinski definition) is 2. The van der Waals surface area contributed by atoms with Gasteiger partial charge in [0.05, 0.1) is 5.57 Å². The molecule has 0 aromatic heterocycles. The van der Waals surface area contributed by atoms with Crippen molar-refractivity contribution in [3.63, 3.8) is 0 Å². The summed E-state index contributed by atoms with van der Waals surface area (Å²) in [5.41, 5.74) is 1.42. The van der Waals surface area contributed by atoms with E-state index in [9.17, 15) is 4.79 Å². The van der Waals surface area contributed by atoms with E-state index in [-0.39, 0.29) is 0 Å². The fourth-order valence-corrected chi connectivity index (χ4v) is 2.42. The molecule has 98 valence electrons. The molecule has 18 heavy (non-hydrogen) atoms. The van der Waals surface area contributed by atoms with E-state index in [0.717, 1.165) is 24.8 Å². The van der Waals surface area contributed by atoms with Crippen LogP contribution in [0.25, 0.3) is 0 Å². The average molecular weight is 247 g/mol. The second kappa shape index (κ2) is 6.94. The monoisotopic (exact) mass is 247 g/mol. The molecule has 0 saturated heterocycles. The van der Waals surface area contributed by atoms with E-state index in [0.29, 0.717) is 23.8 Å². The summed E-state index contributed by atoms with van der Waals surface area (Å²) in [6, 6.07) is 0. The molecule has 0 saturated carbocycles. The summed E-state index contributed by atoms with van der Waals surface area (Å²) in [7, 11) is 0. The average Bonchev–Trinajstić information content (AvgIpc) is 2.32. The Kier molecular flexibility index (Phi) is 5.56. The van der Waals surface area contributed by atoms with Gasteiger partial charge in [0.25, 0.3) is 0 Å². The number of rotatable bonds is 5. The summed E-state index contributed by atoms with van der Waals surface area (Å²) in [5.74, 6) is -0.108. The molecule has 0 bridgehead atoms. The van der Waals surface area contributed by atoms with Crippen molar-refractivity contribution >= 4 is 12.2 Å². The first-order valence-corrected chi connectivity index (χ1v) is 6.36. The predicted octanol–water partition coefficient (Wildman–Crippen LogP) is 3.59. The Morgan fingerprint density at radius 3 is 3.00 bits per heavy atom. The van der Waals surface area contributed by atoms with E-state index < -0.39 is 5.97 Å². The van der Waals surface area contributed by atoms with Gasteiger partial charge < -0.3 is 10.5 Å². The third kappa shape index (κ3) is 3.69. The van der Waals surface area contributed by atoms with E-state index in [1.54, 1.807) is 12.2 Å². The Morgan fingerprint density at radius 2 is 2.44 bits per heavy atom.